The first-order valence-corrected chi connectivity index (χ1v) is 13.7. The quantitative estimate of drug-likeness (QED) is 0.532. The standard InChI is InChI=1S/C24H26N7O2P/c1-31-13-15-7-8-33-19-10-18(9-16(14-31)22(15)19)27-24-26-12-17(11-25)23(30-24)29-20-5-4-6-21(28-20)34(2,3)32/h4-6,9-10,12,15H,7-8,13-14H2,1-3H3,(H2,26,27,28,29,30). The Kier molecular flexibility index (Phi) is 5.72. The summed E-state index contributed by atoms with van der Waals surface area (Å²) in [6.45, 7) is 5.96. The van der Waals surface area contributed by atoms with E-state index in [0.717, 1.165) is 30.9 Å². The Morgan fingerprint density at radius 1 is 1.24 bits per heavy atom. The number of aromatic nitrogens is 3. The van der Waals surface area contributed by atoms with Gasteiger partial charge in [0.05, 0.1) is 12.8 Å². The Hall–Kier alpha value is -3.47. The van der Waals surface area contributed by atoms with Crippen LogP contribution in [0.5, 0.6) is 5.75 Å². The summed E-state index contributed by atoms with van der Waals surface area (Å²) in [6, 6.07) is 11.5. The van der Waals surface area contributed by atoms with Crippen LogP contribution in [0.25, 0.3) is 0 Å². The molecule has 2 aromatic heterocycles. The van der Waals surface area contributed by atoms with Gasteiger partial charge in [0.15, 0.2) is 5.82 Å². The maximum absolute atomic E-state index is 12.4. The van der Waals surface area contributed by atoms with Crippen molar-refractivity contribution >= 4 is 35.8 Å². The highest BCUT2D eigenvalue weighted by molar-refractivity contribution is 7.69. The van der Waals surface area contributed by atoms with Crippen molar-refractivity contribution in [3.8, 4) is 11.8 Å². The molecule has 2 N–H and O–H groups in total. The molecule has 0 bridgehead atoms. The van der Waals surface area contributed by atoms with Crippen LogP contribution in [0.1, 0.15) is 29.0 Å². The van der Waals surface area contributed by atoms with Crippen LogP contribution in [0.15, 0.2) is 36.5 Å². The van der Waals surface area contributed by atoms with E-state index in [1.54, 1.807) is 31.5 Å². The van der Waals surface area contributed by atoms with Gasteiger partial charge in [0.2, 0.25) is 5.95 Å². The van der Waals surface area contributed by atoms with Crippen molar-refractivity contribution in [1.82, 2.24) is 19.9 Å². The molecule has 0 saturated carbocycles. The molecule has 2 aliphatic rings. The summed E-state index contributed by atoms with van der Waals surface area (Å²) in [5.41, 5.74) is 4.18. The van der Waals surface area contributed by atoms with Gasteiger partial charge in [-0.25, -0.2) is 9.97 Å². The summed E-state index contributed by atoms with van der Waals surface area (Å²) in [6.07, 6.45) is 2.50. The molecule has 0 spiro atoms. The fourth-order valence-corrected chi connectivity index (χ4v) is 5.30. The third kappa shape index (κ3) is 4.47. The number of benzene rings is 1. The first-order chi connectivity index (χ1) is 16.3. The number of rotatable bonds is 5. The molecular weight excluding hydrogens is 449 g/mol. The predicted octanol–water partition coefficient (Wildman–Crippen LogP) is 3.79. The number of ether oxygens (including phenoxy) is 1. The molecule has 0 saturated heterocycles. The van der Waals surface area contributed by atoms with E-state index < -0.39 is 7.14 Å². The number of pyridine rings is 1. The maximum Gasteiger partial charge on any atom is 0.229 e. The van der Waals surface area contributed by atoms with Gasteiger partial charge in [-0.1, -0.05) is 6.07 Å². The minimum atomic E-state index is -2.52. The van der Waals surface area contributed by atoms with Crippen LogP contribution in [0, 0.1) is 11.3 Å². The Labute approximate surface area is 198 Å². The van der Waals surface area contributed by atoms with Crippen LogP contribution < -0.4 is 20.8 Å². The van der Waals surface area contributed by atoms with Crippen LogP contribution in [0.4, 0.5) is 23.3 Å². The minimum absolute atomic E-state index is 0.280. The lowest BCUT2D eigenvalue weighted by Crippen LogP contribution is -2.33. The Bertz CT molecular complexity index is 1350. The van der Waals surface area contributed by atoms with Gasteiger partial charge in [0.25, 0.3) is 0 Å². The Balaban J connectivity index is 1.44. The van der Waals surface area contributed by atoms with Gasteiger partial charge < -0.3 is 24.8 Å². The van der Waals surface area contributed by atoms with E-state index >= 15 is 0 Å². The first kappa shape index (κ1) is 22.3. The molecule has 1 unspecified atom stereocenters. The van der Waals surface area contributed by atoms with Crippen molar-refractivity contribution in [3.63, 3.8) is 0 Å². The molecule has 0 fully saturated rings. The number of hydrogen-bond acceptors (Lipinski definition) is 9. The molecule has 174 valence electrons. The number of nitrogens with zero attached hydrogens (tertiary/aromatic N) is 5. The zero-order valence-electron chi connectivity index (χ0n) is 19.4. The zero-order valence-corrected chi connectivity index (χ0v) is 20.3. The second-order valence-electron chi connectivity index (χ2n) is 9.13. The smallest absolute Gasteiger partial charge is 0.229 e. The average molecular weight is 475 g/mol. The van der Waals surface area contributed by atoms with Gasteiger partial charge in [0, 0.05) is 36.3 Å². The Morgan fingerprint density at radius 3 is 2.88 bits per heavy atom. The third-order valence-corrected chi connectivity index (χ3v) is 7.38. The van der Waals surface area contributed by atoms with E-state index in [-0.39, 0.29) is 5.56 Å². The number of hydrogen-bond donors (Lipinski definition) is 2. The van der Waals surface area contributed by atoms with E-state index in [1.165, 1.54) is 17.3 Å². The van der Waals surface area contributed by atoms with Crippen molar-refractivity contribution in [2.24, 2.45) is 0 Å². The second-order valence-corrected chi connectivity index (χ2v) is 12.3. The molecule has 9 nitrogen and oxygen atoms in total. The lowest BCUT2D eigenvalue weighted by atomic mass is 9.85. The molecule has 34 heavy (non-hydrogen) atoms. The highest BCUT2D eigenvalue weighted by atomic mass is 31.2. The van der Waals surface area contributed by atoms with Crippen LogP contribution in [0.2, 0.25) is 0 Å². The molecule has 5 rings (SSSR count). The van der Waals surface area contributed by atoms with Gasteiger partial charge >= 0.3 is 0 Å². The van der Waals surface area contributed by atoms with Gasteiger partial charge in [-0.3, -0.25) is 0 Å². The van der Waals surface area contributed by atoms with Crippen LogP contribution >= 0.6 is 7.14 Å². The maximum atomic E-state index is 12.4. The topological polar surface area (TPSA) is 116 Å². The SMILES string of the molecule is CN1Cc2cc(Nc3ncc(C#N)c(Nc4cccc(P(C)(C)=O)n4)n3)cc3c2C(CCO3)C1. The summed E-state index contributed by atoms with van der Waals surface area (Å²) < 4.78 is 18.4. The van der Waals surface area contributed by atoms with Gasteiger partial charge in [-0.15, -0.1) is 0 Å². The van der Waals surface area contributed by atoms with E-state index in [2.05, 4.69) is 49.7 Å². The lowest BCUT2D eigenvalue weighted by Gasteiger charge is -2.36. The molecular formula is C24H26N7O2P. The predicted molar refractivity (Wildman–Crippen MR) is 132 cm³/mol. The van der Waals surface area contributed by atoms with Crippen molar-refractivity contribution in [2.45, 2.75) is 18.9 Å². The van der Waals surface area contributed by atoms with Crippen molar-refractivity contribution in [2.75, 3.05) is 44.2 Å². The third-order valence-electron chi connectivity index (χ3n) is 6.03. The fraction of sp³-hybridized carbons (Fsp3) is 0.333. The Morgan fingerprint density at radius 2 is 2.09 bits per heavy atom. The van der Waals surface area contributed by atoms with Gasteiger partial charge in [-0.2, -0.15) is 10.2 Å². The fourth-order valence-electron chi connectivity index (χ4n) is 4.50. The molecule has 2 aliphatic heterocycles. The molecule has 10 heteroatoms. The second kappa shape index (κ2) is 8.71. The van der Waals surface area contributed by atoms with Crippen molar-refractivity contribution in [1.29, 1.82) is 5.26 Å². The summed E-state index contributed by atoms with van der Waals surface area (Å²) in [7, 11) is -0.385. The van der Waals surface area contributed by atoms with E-state index in [0.29, 0.717) is 35.5 Å². The molecule has 4 heterocycles. The van der Waals surface area contributed by atoms with Gasteiger partial charge in [-0.05, 0) is 50.6 Å². The summed E-state index contributed by atoms with van der Waals surface area (Å²) >= 11 is 0. The van der Waals surface area contributed by atoms with E-state index in [1.807, 2.05) is 6.07 Å². The monoisotopic (exact) mass is 475 g/mol. The average Bonchev–Trinajstić information content (AvgIpc) is 2.79. The number of nitrogens with one attached hydrogen (secondary N) is 2. The van der Waals surface area contributed by atoms with E-state index in [9.17, 15) is 9.83 Å². The largest absolute Gasteiger partial charge is 0.493 e. The number of nitriles is 1. The summed E-state index contributed by atoms with van der Waals surface area (Å²) in [5, 5.41) is 15.9. The number of likely N-dealkylation sites (N-methyl/N-ethyl adjacent to an activating group) is 1. The molecule has 3 aromatic rings. The highest BCUT2D eigenvalue weighted by Gasteiger charge is 2.30. The van der Waals surface area contributed by atoms with Crippen LogP contribution in [0.3, 0.4) is 0 Å². The van der Waals surface area contributed by atoms with E-state index in [4.69, 9.17) is 4.74 Å². The summed E-state index contributed by atoms with van der Waals surface area (Å²) in [4.78, 5) is 15.6. The van der Waals surface area contributed by atoms with Crippen LogP contribution in [-0.2, 0) is 11.1 Å². The highest BCUT2D eigenvalue weighted by Crippen LogP contribution is 2.42. The molecule has 0 aliphatic carbocycles. The van der Waals surface area contributed by atoms with Gasteiger partial charge in [0.1, 0.15) is 35.8 Å². The zero-order chi connectivity index (χ0) is 23.9. The van der Waals surface area contributed by atoms with Crippen molar-refractivity contribution < 1.29 is 9.30 Å². The molecule has 1 atom stereocenters. The lowest BCUT2D eigenvalue weighted by molar-refractivity contribution is 0.210. The molecule has 0 amide bonds. The van der Waals surface area contributed by atoms with Crippen molar-refractivity contribution in [3.05, 3.63) is 53.2 Å². The summed E-state index contributed by atoms with van der Waals surface area (Å²) in [5.74, 6) is 2.54. The molecule has 0 radical (unpaired) electrons. The normalized spacial score (nSPS) is 17.3. The molecule has 1 aromatic carbocycles. The minimum Gasteiger partial charge on any atom is -0.493 e. The number of anilines is 4. The van der Waals surface area contributed by atoms with Crippen LogP contribution in [-0.4, -0.2) is 53.4 Å². The first-order valence-electron chi connectivity index (χ1n) is 11.1.